The van der Waals surface area contributed by atoms with E-state index in [1.165, 1.54) is 13.2 Å². The number of rotatable bonds is 7. The Bertz CT molecular complexity index is 519. The van der Waals surface area contributed by atoms with Crippen molar-refractivity contribution in [2.45, 2.75) is 12.5 Å². The van der Waals surface area contributed by atoms with Crippen LogP contribution in [0, 0.1) is 0 Å². The van der Waals surface area contributed by atoms with E-state index < -0.39 is 12.0 Å². The summed E-state index contributed by atoms with van der Waals surface area (Å²) in [6, 6.07) is 6.96. The molecule has 0 bridgehead atoms. The van der Waals surface area contributed by atoms with Crippen molar-refractivity contribution in [2.75, 3.05) is 19.1 Å². The quantitative estimate of drug-likeness (QED) is 0.591. The Labute approximate surface area is 137 Å². The van der Waals surface area contributed by atoms with Crippen molar-refractivity contribution < 1.29 is 14.3 Å². The number of amides is 1. The van der Waals surface area contributed by atoms with Crippen LogP contribution in [0.4, 0.5) is 0 Å². The molecule has 1 amide bonds. The minimum atomic E-state index is -0.612. The third-order valence-electron chi connectivity index (χ3n) is 2.73. The minimum Gasteiger partial charge on any atom is -0.467 e. The summed E-state index contributed by atoms with van der Waals surface area (Å²) in [7, 11) is 1.32. The Morgan fingerprint density at radius 1 is 1.43 bits per heavy atom. The van der Waals surface area contributed by atoms with E-state index in [-0.39, 0.29) is 5.91 Å². The van der Waals surface area contributed by atoms with Crippen molar-refractivity contribution in [3.8, 4) is 0 Å². The summed E-state index contributed by atoms with van der Waals surface area (Å²) >= 11 is 5.02. The van der Waals surface area contributed by atoms with Crippen molar-refractivity contribution in [3.05, 3.63) is 40.4 Å². The molecule has 1 rings (SSSR count). The largest absolute Gasteiger partial charge is 0.467 e. The van der Waals surface area contributed by atoms with E-state index in [4.69, 9.17) is 4.74 Å². The molecule has 0 saturated heterocycles. The van der Waals surface area contributed by atoms with Gasteiger partial charge in [0.1, 0.15) is 6.04 Å². The molecule has 0 spiro atoms. The van der Waals surface area contributed by atoms with Gasteiger partial charge in [-0.1, -0.05) is 34.1 Å². The van der Waals surface area contributed by atoms with Crippen molar-refractivity contribution in [1.29, 1.82) is 0 Å². The van der Waals surface area contributed by atoms with Crippen LogP contribution in [-0.2, 0) is 14.3 Å². The third kappa shape index (κ3) is 6.35. The first-order valence-corrected chi connectivity index (χ1v) is 8.57. The lowest BCUT2D eigenvalue weighted by Crippen LogP contribution is -2.41. The molecule has 0 saturated carbocycles. The lowest BCUT2D eigenvalue weighted by Gasteiger charge is -2.14. The third-order valence-corrected chi connectivity index (χ3v) is 4.10. The van der Waals surface area contributed by atoms with Crippen LogP contribution in [0.2, 0.25) is 0 Å². The first-order valence-electron chi connectivity index (χ1n) is 6.38. The van der Waals surface area contributed by atoms with Crippen LogP contribution in [0.1, 0.15) is 12.0 Å². The van der Waals surface area contributed by atoms with Gasteiger partial charge in [-0.2, -0.15) is 11.8 Å². The van der Waals surface area contributed by atoms with Crippen LogP contribution in [0.5, 0.6) is 0 Å². The second-order valence-corrected chi connectivity index (χ2v) is 6.06. The van der Waals surface area contributed by atoms with Gasteiger partial charge in [0.15, 0.2) is 0 Å². The molecule has 21 heavy (non-hydrogen) atoms. The lowest BCUT2D eigenvalue weighted by molar-refractivity contribution is -0.144. The molecule has 6 heteroatoms. The molecule has 0 heterocycles. The van der Waals surface area contributed by atoms with Crippen LogP contribution in [-0.4, -0.2) is 37.0 Å². The molecule has 1 N–H and O–H groups in total. The SMILES string of the molecule is COC(=O)[C@H](CCSC)NC(=O)/C=C/c1ccccc1Br. The van der Waals surface area contributed by atoms with E-state index in [9.17, 15) is 9.59 Å². The molecule has 1 atom stereocenters. The zero-order valence-corrected chi connectivity index (χ0v) is 14.4. The normalized spacial score (nSPS) is 12.1. The number of hydrogen-bond acceptors (Lipinski definition) is 4. The van der Waals surface area contributed by atoms with Gasteiger partial charge in [0.25, 0.3) is 0 Å². The van der Waals surface area contributed by atoms with Crippen LogP contribution >= 0.6 is 27.7 Å². The summed E-state index contributed by atoms with van der Waals surface area (Å²) < 4.78 is 5.60. The average molecular weight is 372 g/mol. The number of carbonyl (C=O) groups excluding carboxylic acids is 2. The highest BCUT2D eigenvalue weighted by Crippen LogP contribution is 2.17. The van der Waals surface area contributed by atoms with Crippen molar-refractivity contribution in [3.63, 3.8) is 0 Å². The molecule has 0 aliphatic carbocycles. The van der Waals surface area contributed by atoms with Crippen LogP contribution in [0.3, 0.4) is 0 Å². The topological polar surface area (TPSA) is 55.4 Å². The van der Waals surface area contributed by atoms with Gasteiger partial charge in [-0.15, -0.1) is 0 Å². The van der Waals surface area contributed by atoms with E-state index in [2.05, 4.69) is 21.2 Å². The second-order valence-electron chi connectivity index (χ2n) is 4.22. The molecule has 4 nitrogen and oxygen atoms in total. The monoisotopic (exact) mass is 371 g/mol. The van der Waals surface area contributed by atoms with Gasteiger partial charge in [-0.3, -0.25) is 4.79 Å². The number of methoxy groups -OCH3 is 1. The Hall–Kier alpha value is -1.27. The zero-order valence-electron chi connectivity index (χ0n) is 12.0. The Morgan fingerprint density at radius 3 is 2.76 bits per heavy atom. The lowest BCUT2D eigenvalue weighted by atomic mass is 10.2. The maximum Gasteiger partial charge on any atom is 0.328 e. The average Bonchev–Trinajstić information content (AvgIpc) is 2.49. The molecule has 0 aliphatic heterocycles. The van der Waals surface area contributed by atoms with Gasteiger partial charge in [0, 0.05) is 10.5 Å². The number of carbonyl (C=O) groups is 2. The first kappa shape index (κ1) is 17.8. The highest BCUT2D eigenvalue weighted by Gasteiger charge is 2.19. The molecule has 0 aliphatic rings. The van der Waals surface area contributed by atoms with Gasteiger partial charge < -0.3 is 10.1 Å². The molecule has 0 radical (unpaired) electrons. The predicted octanol–water partition coefficient (Wildman–Crippen LogP) is 2.87. The Kier molecular flexibility index (Phi) is 8.15. The maximum atomic E-state index is 11.9. The highest BCUT2D eigenvalue weighted by atomic mass is 79.9. The molecular formula is C15H18BrNO3S. The summed E-state index contributed by atoms with van der Waals surface area (Å²) in [6.07, 6.45) is 5.60. The summed E-state index contributed by atoms with van der Waals surface area (Å²) in [4.78, 5) is 23.5. The standard InChI is InChI=1S/C15H18BrNO3S/c1-20-15(19)13(9-10-21-2)17-14(18)8-7-11-5-3-4-6-12(11)16/h3-8,13H,9-10H2,1-2H3,(H,17,18)/b8-7+/t13-/m0/s1. The van der Waals surface area contributed by atoms with E-state index in [1.807, 2.05) is 30.5 Å². The summed E-state index contributed by atoms with van der Waals surface area (Å²) in [5.41, 5.74) is 0.895. The zero-order chi connectivity index (χ0) is 15.7. The van der Waals surface area contributed by atoms with Crippen molar-refractivity contribution in [1.82, 2.24) is 5.32 Å². The summed E-state index contributed by atoms with van der Waals surface area (Å²) in [5, 5.41) is 2.66. The number of esters is 1. The fourth-order valence-corrected chi connectivity index (χ4v) is 2.51. The second kappa shape index (κ2) is 9.63. The predicted molar refractivity (Wildman–Crippen MR) is 90.1 cm³/mol. The molecule has 0 fully saturated rings. The van der Waals surface area contributed by atoms with Gasteiger partial charge in [0.2, 0.25) is 5.91 Å². The van der Waals surface area contributed by atoms with Crippen LogP contribution in [0.15, 0.2) is 34.8 Å². The number of halogens is 1. The Morgan fingerprint density at radius 2 is 2.14 bits per heavy atom. The van der Waals surface area contributed by atoms with E-state index in [1.54, 1.807) is 17.8 Å². The van der Waals surface area contributed by atoms with E-state index in [0.717, 1.165) is 15.8 Å². The maximum absolute atomic E-state index is 11.9. The molecule has 0 aromatic heterocycles. The van der Waals surface area contributed by atoms with Crippen molar-refractivity contribution >= 4 is 45.6 Å². The molecule has 114 valence electrons. The van der Waals surface area contributed by atoms with Gasteiger partial charge in [-0.05, 0) is 36.1 Å². The smallest absolute Gasteiger partial charge is 0.328 e. The van der Waals surface area contributed by atoms with Gasteiger partial charge >= 0.3 is 5.97 Å². The number of hydrogen-bond donors (Lipinski definition) is 1. The first-order chi connectivity index (χ1) is 10.1. The number of benzene rings is 1. The highest BCUT2D eigenvalue weighted by molar-refractivity contribution is 9.10. The van der Waals surface area contributed by atoms with Crippen LogP contribution in [0.25, 0.3) is 6.08 Å². The summed E-state index contributed by atoms with van der Waals surface area (Å²) in [5.74, 6) is 0.0301. The molecule has 1 aromatic rings. The Balaban J connectivity index is 2.65. The van der Waals surface area contributed by atoms with Gasteiger partial charge in [0.05, 0.1) is 7.11 Å². The van der Waals surface area contributed by atoms with Crippen molar-refractivity contribution in [2.24, 2.45) is 0 Å². The minimum absolute atomic E-state index is 0.317. The number of ether oxygens (including phenoxy) is 1. The van der Waals surface area contributed by atoms with Gasteiger partial charge in [-0.25, -0.2) is 4.79 Å². The number of nitrogens with one attached hydrogen (secondary N) is 1. The molecule has 1 aromatic carbocycles. The van der Waals surface area contributed by atoms with E-state index in [0.29, 0.717) is 6.42 Å². The summed E-state index contributed by atoms with van der Waals surface area (Å²) in [6.45, 7) is 0. The fraction of sp³-hybridized carbons (Fsp3) is 0.333. The van der Waals surface area contributed by atoms with Crippen LogP contribution < -0.4 is 5.32 Å². The molecular weight excluding hydrogens is 354 g/mol. The fourth-order valence-electron chi connectivity index (χ4n) is 1.62. The number of thioether (sulfide) groups is 1. The molecule has 0 unspecified atom stereocenters. The van der Waals surface area contributed by atoms with E-state index >= 15 is 0 Å².